The summed E-state index contributed by atoms with van der Waals surface area (Å²) in [5.41, 5.74) is 2.24. The lowest BCUT2D eigenvalue weighted by molar-refractivity contribution is -0.125. The van der Waals surface area contributed by atoms with Crippen LogP contribution in [0, 0.1) is 0 Å². The molecule has 2 aromatic carbocycles. The number of aromatic nitrogens is 1. The molecular weight excluding hydrogens is 480 g/mol. The van der Waals surface area contributed by atoms with Crippen molar-refractivity contribution in [3.8, 4) is 17.2 Å². The number of benzene rings is 2. The number of halogens is 1. The molecule has 3 amide bonds. The van der Waals surface area contributed by atoms with Gasteiger partial charge in [-0.05, 0) is 55.2 Å². The SMILES string of the molecule is C=CC(=O)N1CCC(c2cc3c(Oc4ccc(NC(=O)NC5CC5)c(Cl)c4)ccnc3cc2OC)C1. The van der Waals surface area contributed by atoms with Crippen LogP contribution in [0.3, 0.4) is 0 Å². The van der Waals surface area contributed by atoms with Crippen LogP contribution in [0.5, 0.6) is 17.2 Å². The minimum absolute atomic E-state index is 0.0669. The lowest BCUT2D eigenvalue weighted by Crippen LogP contribution is -2.30. The molecular formula is C27H27ClN4O4. The van der Waals surface area contributed by atoms with Gasteiger partial charge >= 0.3 is 6.03 Å². The van der Waals surface area contributed by atoms with Crippen LogP contribution in [0.2, 0.25) is 5.02 Å². The molecule has 0 bridgehead atoms. The summed E-state index contributed by atoms with van der Waals surface area (Å²) < 4.78 is 11.9. The molecule has 2 N–H and O–H groups in total. The van der Waals surface area contributed by atoms with Gasteiger partial charge in [0, 0.05) is 48.8 Å². The summed E-state index contributed by atoms with van der Waals surface area (Å²) >= 11 is 6.42. The van der Waals surface area contributed by atoms with E-state index in [1.807, 2.05) is 12.1 Å². The molecule has 186 valence electrons. The zero-order valence-electron chi connectivity index (χ0n) is 19.9. The summed E-state index contributed by atoms with van der Waals surface area (Å²) in [5.74, 6) is 1.93. The number of ether oxygens (including phenoxy) is 2. The third kappa shape index (κ3) is 5.09. The maximum Gasteiger partial charge on any atom is 0.319 e. The standard InChI is InChI=1S/C27H27ClN4O4/c1-3-26(33)32-11-9-16(15-32)19-13-20-23(14-25(19)35-2)29-10-8-24(20)36-18-6-7-22(21(28)12-18)31-27(34)30-17-4-5-17/h3,6-8,10,12-14,16-17H,1,4-5,9,11,15H2,2H3,(H2,30,31,34). The Hall–Kier alpha value is -3.78. The zero-order valence-corrected chi connectivity index (χ0v) is 20.7. The van der Waals surface area contributed by atoms with Gasteiger partial charge in [-0.2, -0.15) is 0 Å². The number of methoxy groups -OCH3 is 1. The van der Waals surface area contributed by atoms with Crippen LogP contribution in [0.25, 0.3) is 10.9 Å². The third-order valence-corrected chi connectivity index (χ3v) is 6.81. The van der Waals surface area contributed by atoms with Crippen molar-refractivity contribution in [2.45, 2.75) is 31.2 Å². The number of likely N-dealkylation sites (tertiary alicyclic amines) is 1. The van der Waals surface area contributed by atoms with E-state index in [2.05, 4.69) is 22.2 Å². The van der Waals surface area contributed by atoms with Crippen LogP contribution < -0.4 is 20.1 Å². The molecule has 1 saturated heterocycles. The van der Waals surface area contributed by atoms with Crippen LogP contribution in [-0.4, -0.2) is 48.1 Å². The Labute approximate surface area is 214 Å². The van der Waals surface area contributed by atoms with Crippen LogP contribution in [0.15, 0.2) is 55.3 Å². The molecule has 36 heavy (non-hydrogen) atoms. The molecule has 2 heterocycles. The highest BCUT2D eigenvalue weighted by atomic mass is 35.5. The number of urea groups is 1. The number of carbonyl (C=O) groups excluding carboxylic acids is 2. The molecule has 1 saturated carbocycles. The molecule has 1 unspecified atom stereocenters. The predicted octanol–water partition coefficient (Wildman–Crippen LogP) is 5.47. The Morgan fingerprint density at radius 1 is 1.17 bits per heavy atom. The summed E-state index contributed by atoms with van der Waals surface area (Å²) in [4.78, 5) is 30.4. The molecule has 1 aliphatic carbocycles. The smallest absolute Gasteiger partial charge is 0.319 e. The molecule has 8 nitrogen and oxygen atoms in total. The molecule has 1 aromatic heterocycles. The van der Waals surface area contributed by atoms with Crippen molar-refractivity contribution in [2.75, 3.05) is 25.5 Å². The molecule has 0 spiro atoms. The Bertz CT molecular complexity index is 1340. The van der Waals surface area contributed by atoms with E-state index in [1.54, 1.807) is 42.5 Å². The van der Waals surface area contributed by atoms with Crippen molar-refractivity contribution in [1.29, 1.82) is 0 Å². The van der Waals surface area contributed by atoms with Gasteiger partial charge in [-0.1, -0.05) is 18.2 Å². The fourth-order valence-electron chi connectivity index (χ4n) is 4.45. The third-order valence-electron chi connectivity index (χ3n) is 6.50. The predicted molar refractivity (Wildman–Crippen MR) is 139 cm³/mol. The van der Waals surface area contributed by atoms with E-state index in [0.29, 0.717) is 35.3 Å². The molecule has 1 aliphatic heterocycles. The fourth-order valence-corrected chi connectivity index (χ4v) is 4.67. The molecule has 0 radical (unpaired) electrons. The summed E-state index contributed by atoms with van der Waals surface area (Å²) in [5, 5.41) is 6.84. The molecule has 2 aliphatic rings. The minimum atomic E-state index is -0.269. The maximum absolute atomic E-state index is 12.1. The topological polar surface area (TPSA) is 92.8 Å². The number of pyridine rings is 1. The molecule has 2 fully saturated rings. The van der Waals surface area contributed by atoms with E-state index in [-0.39, 0.29) is 23.9 Å². The average Bonchev–Trinajstić information content (AvgIpc) is 3.55. The van der Waals surface area contributed by atoms with E-state index >= 15 is 0 Å². The first kappa shape index (κ1) is 23.9. The number of nitrogens with one attached hydrogen (secondary N) is 2. The van der Waals surface area contributed by atoms with E-state index in [9.17, 15) is 9.59 Å². The number of amides is 3. The Morgan fingerprint density at radius 2 is 2.00 bits per heavy atom. The van der Waals surface area contributed by atoms with E-state index in [4.69, 9.17) is 21.1 Å². The van der Waals surface area contributed by atoms with Gasteiger partial charge in [0.05, 0.1) is 23.3 Å². The van der Waals surface area contributed by atoms with Crippen molar-refractivity contribution in [3.05, 3.63) is 65.8 Å². The van der Waals surface area contributed by atoms with Gasteiger partial charge in [-0.3, -0.25) is 9.78 Å². The second-order valence-electron chi connectivity index (χ2n) is 9.01. The Kier molecular flexibility index (Phi) is 6.69. The number of fused-ring (bicyclic) bond motifs is 1. The number of nitrogens with zero attached hydrogens (tertiary/aromatic N) is 2. The van der Waals surface area contributed by atoms with Crippen LogP contribution in [0.1, 0.15) is 30.7 Å². The minimum Gasteiger partial charge on any atom is -0.496 e. The largest absolute Gasteiger partial charge is 0.496 e. The second kappa shape index (κ2) is 10.1. The summed E-state index contributed by atoms with van der Waals surface area (Å²) in [6, 6.07) is 10.8. The first-order valence-corrected chi connectivity index (χ1v) is 12.3. The number of hydrogen-bond donors (Lipinski definition) is 2. The normalized spacial score (nSPS) is 17.1. The zero-order chi connectivity index (χ0) is 25.2. The van der Waals surface area contributed by atoms with Gasteiger partial charge in [0.1, 0.15) is 17.2 Å². The second-order valence-corrected chi connectivity index (χ2v) is 9.42. The van der Waals surface area contributed by atoms with Crippen molar-refractivity contribution < 1.29 is 19.1 Å². The first-order valence-electron chi connectivity index (χ1n) is 11.9. The van der Waals surface area contributed by atoms with Gasteiger partial charge in [0.25, 0.3) is 0 Å². The van der Waals surface area contributed by atoms with Crippen LogP contribution >= 0.6 is 11.6 Å². The number of carbonyl (C=O) groups is 2. The van der Waals surface area contributed by atoms with E-state index in [1.165, 1.54) is 6.08 Å². The van der Waals surface area contributed by atoms with E-state index in [0.717, 1.165) is 41.5 Å². The number of anilines is 1. The van der Waals surface area contributed by atoms with Gasteiger partial charge in [0.15, 0.2) is 0 Å². The molecule has 5 rings (SSSR count). The Morgan fingerprint density at radius 3 is 2.72 bits per heavy atom. The average molecular weight is 507 g/mol. The van der Waals surface area contributed by atoms with Crippen molar-refractivity contribution in [2.24, 2.45) is 0 Å². The highest BCUT2D eigenvalue weighted by molar-refractivity contribution is 6.33. The van der Waals surface area contributed by atoms with Gasteiger partial charge in [-0.15, -0.1) is 0 Å². The monoisotopic (exact) mass is 506 g/mol. The van der Waals surface area contributed by atoms with Crippen LogP contribution in [0.4, 0.5) is 10.5 Å². The lowest BCUT2D eigenvalue weighted by Gasteiger charge is -2.18. The Balaban J connectivity index is 1.40. The summed E-state index contributed by atoms with van der Waals surface area (Å²) in [7, 11) is 1.63. The summed E-state index contributed by atoms with van der Waals surface area (Å²) in [6.07, 6.45) is 5.87. The lowest BCUT2D eigenvalue weighted by atomic mass is 9.95. The molecule has 9 heteroatoms. The molecule has 1 atom stereocenters. The molecule has 3 aromatic rings. The highest BCUT2D eigenvalue weighted by Gasteiger charge is 2.29. The van der Waals surface area contributed by atoms with Crippen molar-refractivity contribution in [1.82, 2.24) is 15.2 Å². The maximum atomic E-state index is 12.1. The van der Waals surface area contributed by atoms with Crippen molar-refractivity contribution >= 4 is 40.1 Å². The number of rotatable bonds is 7. The van der Waals surface area contributed by atoms with Gasteiger partial charge in [-0.25, -0.2) is 4.79 Å². The fraction of sp³-hybridized carbons (Fsp3) is 0.296. The summed E-state index contributed by atoms with van der Waals surface area (Å²) in [6.45, 7) is 4.86. The highest BCUT2D eigenvalue weighted by Crippen LogP contribution is 2.40. The first-order chi connectivity index (χ1) is 17.4. The van der Waals surface area contributed by atoms with Gasteiger partial charge in [0.2, 0.25) is 5.91 Å². The number of hydrogen-bond acceptors (Lipinski definition) is 5. The van der Waals surface area contributed by atoms with Crippen molar-refractivity contribution in [3.63, 3.8) is 0 Å². The van der Waals surface area contributed by atoms with E-state index < -0.39 is 0 Å². The van der Waals surface area contributed by atoms with Crippen LogP contribution in [-0.2, 0) is 4.79 Å². The van der Waals surface area contributed by atoms with Gasteiger partial charge < -0.3 is 25.0 Å². The quantitative estimate of drug-likeness (QED) is 0.414.